The molecule has 0 heterocycles. The van der Waals surface area contributed by atoms with Gasteiger partial charge in [0.1, 0.15) is 19.3 Å². The van der Waals surface area contributed by atoms with Gasteiger partial charge in [0.15, 0.2) is 12.2 Å². The van der Waals surface area contributed by atoms with Gasteiger partial charge >= 0.3 is 39.5 Å². The zero-order valence-corrected chi connectivity index (χ0v) is 71.0. The van der Waals surface area contributed by atoms with Gasteiger partial charge in [-0.3, -0.25) is 37.3 Å². The second-order valence-electron chi connectivity index (χ2n) is 32.1. The Hall–Kier alpha value is -1.94. The fourth-order valence-electron chi connectivity index (χ4n) is 13.3. The first kappa shape index (κ1) is 103. The topological polar surface area (TPSA) is 237 Å². The molecule has 3 unspecified atom stereocenters. The summed E-state index contributed by atoms with van der Waals surface area (Å²) < 4.78 is 68.8. The summed E-state index contributed by atoms with van der Waals surface area (Å²) in [7, 11) is -9.92. The first-order chi connectivity index (χ1) is 50.8. The minimum Gasteiger partial charge on any atom is -0.462 e. The highest BCUT2D eigenvalue weighted by Gasteiger charge is 2.30. The molecule has 0 aromatic rings. The molecule has 0 aliphatic rings. The molecule has 0 rings (SSSR count). The summed E-state index contributed by atoms with van der Waals surface area (Å²) in [6.07, 6.45) is 66.8. The Morgan fingerprint density at radius 2 is 0.486 bits per heavy atom. The largest absolute Gasteiger partial charge is 0.472 e. The van der Waals surface area contributed by atoms with Gasteiger partial charge in [-0.05, 0) is 43.4 Å². The van der Waals surface area contributed by atoms with Crippen LogP contribution in [0.2, 0.25) is 0 Å². The molecule has 0 fully saturated rings. The van der Waals surface area contributed by atoms with Crippen LogP contribution in [-0.2, 0) is 65.4 Å². The average Bonchev–Trinajstić information content (AvgIpc) is 0.918. The minimum absolute atomic E-state index is 0.106. The van der Waals surface area contributed by atoms with Crippen LogP contribution >= 0.6 is 15.6 Å². The number of rotatable bonds is 84. The zero-order chi connectivity index (χ0) is 77.2. The maximum absolute atomic E-state index is 13.1. The number of unbranched alkanes of at least 4 members (excludes halogenated alkanes) is 51. The maximum Gasteiger partial charge on any atom is 0.472 e. The van der Waals surface area contributed by atoms with Gasteiger partial charge in [-0.2, -0.15) is 0 Å². The molecule has 3 N–H and O–H groups in total. The highest BCUT2D eigenvalue weighted by molar-refractivity contribution is 7.47. The minimum atomic E-state index is -4.97. The van der Waals surface area contributed by atoms with Crippen LogP contribution in [0.15, 0.2) is 0 Å². The van der Waals surface area contributed by atoms with Crippen LogP contribution in [0.4, 0.5) is 0 Å². The number of phosphoric ester groups is 2. The molecule has 0 aromatic heterocycles. The summed E-state index contributed by atoms with van der Waals surface area (Å²) in [5.41, 5.74) is 0. The van der Waals surface area contributed by atoms with Crippen molar-refractivity contribution in [3.63, 3.8) is 0 Å². The van der Waals surface area contributed by atoms with Crippen molar-refractivity contribution in [1.82, 2.24) is 0 Å². The lowest BCUT2D eigenvalue weighted by molar-refractivity contribution is -0.161. The van der Waals surface area contributed by atoms with Crippen molar-refractivity contribution in [2.75, 3.05) is 39.6 Å². The number of hydrogen-bond donors (Lipinski definition) is 3. The third-order valence-electron chi connectivity index (χ3n) is 20.5. The molecular weight excluding hydrogens is 1370 g/mol. The number of carbonyl (C=O) groups excluding carboxylic acids is 4. The van der Waals surface area contributed by atoms with Gasteiger partial charge in [-0.15, -0.1) is 0 Å². The molecule has 0 spiro atoms. The molecule has 0 bridgehead atoms. The number of ether oxygens (including phenoxy) is 4. The number of aliphatic hydroxyl groups excluding tert-OH is 1. The standard InChI is InChI=1S/C86H168O17P2/c1-8-10-11-12-13-46-53-60-67-83(88)96-73-81(102-86(91)70-63-56-49-42-36-30-32-38-44-51-58-65-78(5)6)75-100-104(92,93)98-71-80(87)72-99-105(94,95)101-76-82(74-97-84(89)68-61-54-47-40-34-28-24-20-16-14-18-22-26-31-37-43-50-57-64-77(3)4)103-85(90)69-62-55-48-41-35-29-25-21-17-15-19-23-27-33-39-45-52-59-66-79(7)9-2/h77-82,87H,8-76H2,1-7H3,(H,92,93)(H,94,95)/t79?,80-,81+,82+/m0/s1. The van der Waals surface area contributed by atoms with Gasteiger partial charge in [-0.1, -0.05) is 402 Å². The Labute approximate surface area is 645 Å². The van der Waals surface area contributed by atoms with Gasteiger partial charge < -0.3 is 33.8 Å². The molecule has 0 aromatic carbocycles. The molecule has 0 radical (unpaired) electrons. The molecule has 0 saturated heterocycles. The Morgan fingerprint density at radius 1 is 0.276 bits per heavy atom. The lowest BCUT2D eigenvalue weighted by atomic mass is 9.99. The number of esters is 4. The SMILES string of the molecule is CCCCCCCCCCC(=O)OC[C@H](COP(=O)(O)OC[C@H](O)COP(=O)(O)OC[C@@H](COC(=O)CCCCCCCCCCCCCCCCCCCCC(C)C)OC(=O)CCCCCCCCCCCCCCCCCCCCC(C)CC)OC(=O)CCCCCCCCCCCCCC(C)C. The monoisotopic (exact) mass is 1540 g/mol. The second-order valence-corrected chi connectivity index (χ2v) is 35.0. The van der Waals surface area contributed by atoms with E-state index in [1.807, 2.05) is 0 Å². The van der Waals surface area contributed by atoms with Gasteiger partial charge in [0.05, 0.1) is 26.4 Å². The number of carbonyl (C=O) groups is 4. The summed E-state index contributed by atoms with van der Waals surface area (Å²) in [4.78, 5) is 73.1. The van der Waals surface area contributed by atoms with Gasteiger partial charge in [0.25, 0.3) is 0 Å². The van der Waals surface area contributed by atoms with Crippen LogP contribution in [-0.4, -0.2) is 96.7 Å². The molecular formula is C86H168O17P2. The number of aliphatic hydroxyl groups is 1. The molecule has 0 aliphatic carbocycles. The Morgan fingerprint density at radius 3 is 0.724 bits per heavy atom. The first-order valence-corrected chi connectivity index (χ1v) is 47.4. The van der Waals surface area contributed by atoms with E-state index in [1.54, 1.807) is 0 Å². The van der Waals surface area contributed by atoms with E-state index in [1.165, 1.54) is 257 Å². The van der Waals surface area contributed by atoms with E-state index in [0.29, 0.717) is 25.7 Å². The van der Waals surface area contributed by atoms with E-state index in [0.717, 1.165) is 114 Å². The van der Waals surface area contributed by atoms with Gasteiger partial charge in [0, 0.05) is 25.7 Å². The van der Waals surface area contributed by atoms with Crippen molar-refractivity contribution in [3.8, 4) is 0 Å². The Bertz CT molecular complexity index is 2030. The van der Waals surface area contributed by atoms with Gasteiger partial charge in [-0.25, -0.2) is 9.13 Å². The molecule has 0 amide bonds. The highest BCUT2D eigenvalue weighted by atomic mass is 31.2. The van der Waals surface area contributed by atoms with E-state index in [9.17, 15) is 43.2 Å². The number of phosphoric acid groups is 2. The Balaban J connectivity index is 5.18. The summed E-state index contributed by atoms with van der Waals surface area (Å²) in [5.74, 6) is 0.352. The van der Waals surface area contributed by atoms with E-state index >= 15 is 0 Å². The van der Waals surface area contributed by atoms with Crippen molar-refractivity contribution >= 4 is 39.5 Å². The van der Waals surface area contributed by atoms with Gasteiger partial charge in [0.2, 0.25) is 0 Å². The lowest BCUT2D eigenvalue weighted by Gasteiger charge is -2.21. The van der Waals surface area contributed by atoms with E-state index in [4.69, 9.17) is 37.0 Å². The summed E-state index contributed by atoms with van der Waals surface area (Å²) >= 11 is 0. The lowest BCUT2D eigenvalue weighted by Crippen LogP contribution is -2.30. The van der Waals surface area contributed by atoms with Crippen molar-refractivity contribution in [3.05, 3.63) is 0 Å². The molecule has 0 saturated carbocycles. The third kappa shape index (κ3) is 78.5. The van der Waals surface area contributed by atoms with Crippen LogP contribution < -0.4 is 0 Å². The summed E-state index contributed by atoms with van der Waals surface area (Å²) in [6.45, 7) is 12.0. The fraction of sp³-hybridized carbons (Fsp3) is 0.953. The maximum atomic E-state index is 13.1. The van der Waals surface area contributed by atoms with Crippen LogP contribution in [0.5, 0.6) is 0 Å². The zero-order valence-electron chi connectivity index (χ0n) is 69.2. The molecule has 624 valence electrons. The molecule has 6 atom stereocenters. The molecule has 105 heavy (non-hydrogen) atoms. The Kier molecular flexibility index (Phi) is 74.7. The summed E-state index contributed by atoms with van der Waals surface area (Å²) in [5, 5.41) is 10.7. The van der Waals surface area contributed by atoms with E-state index in [-0.39, 0.29) is 25.7 Å². The van der Waals surface area contributed by atoms with Crippen LogP contribution in [0, 0.1) is 17.8 Å². The van der Waals surface area contributed by atoms with Crippen molar-refractivity contribution in [1.29, 1.82) is 0 Å². The van der Waals surface area contributed by atoms with Crippen LogP contribution in [0.25, 0.3) is 0 Å². The predicted octanol–water partition coefficient (Wildman–Crippen LogP) is 26.1. The van der Waals surface area contributed by atoms with E-state index < -0.39 is 97.5 Å². The summed E-state index contributed by atoms with van der Waals surface area (Å²) in [6, 6.07) is 0. The molecule has 0 aliphatic heterocycles. The fourth-order valence-corrected chi connectivity index (χ4v) is 14.9. The van der Waals surface area contributed by atoms with Crippen molar-refractivity contribution < 1.29 is 80.2 Å². The first-order valence-electron chi connectivity index (χ1n) is 44.4. The van der Waals surface area contributed by atoms with E-state index in [2.05, 4.69) is 48.5 Å². The smallest absolute Gasteiger partial charge is 0.462 e. The normalized spacial score (nSPS) is 14.1. The highest BCUT2D eigenvalue weighted by Crippen LogP contribution is 2.45. The predicted molar refractivity (Wildman–Crippen MR) is 432 cm³/mol. The second kappa shape index (κ2) is 76.1. The van der Waals surface area contributed by atoms with Crippen LogP contribution in [0.3, 0.4) is 0 Å². The average molecular weight is 1540 g/mol. The molecule has 17 nitrogen and oxygen atoms in total. The van der Waals surface area contributed by atoms with Crippen LogP contribution in [0.1, 0.15) is 453 Å². The third-order valence-corrected chi connectivity index (χ3v) is 22.4. The molecule has 19 heteroatoms. The van der Waals surface area contributed by atoms with Crippen molar-refractivity contribution in [2.45, 2.75) is 471 Å². The quantitative estimate of drug-likeness (QED) is 0.0222. The van der Waals surface area contributed by atoms with Crippen molar-refractivity contribution in [2.24, 2.45) is 17.8 Å². The number of hydrogen-bond acceptors (Lipinski definition) is 15.